The molecule has 3 heterocycles. The van der Waals surface area contributed by atoms with Gasteiger partial charge in [-0.3, -0.25) is 4.98 Å². The van der Waals surface area contributed by atoms with Crippen molar-refractivity contribution in [3.05, 3.63) is 58.7 Å². The number of thiazole rings is 1. The fraction of sp³-hybridized carbons (Fsp3) is 0.333. The molecule has 2 N–H and O–H groups in total. The van der Waals surface area contributed by atoms with Crippen molar-refractivity contribution >= 4 is 11.3 Å². The Kier molecular flexibility index (Phi) is 4.27. The average Bonchev–Trinajstić information content (AvgIpc) is 3.05. The molecule has 0 radical (unpaired) electrons. The highest BCUT2D eigenvalue weighted by atomic mass is 32.1. The van der Waals surface area contributed by atoms with Crippen LogP contribution in [0.25, 0.3) is 10.7 Å². The van der Waals surface area contributed by atoms with Crippen LogP contribution in [0.1, 0.15) is 35.5 Å². The summed E-state index contributed by atoms with van der Waals surface area (Å²) in [7, 11) is 0. The summed E-state index contributed by atoms with van der Waals surface area (Å²) < 4.78 is 14.3. The molecule has 7 heteroatoms. The van der Waals surface area contributed by atoms with E-state index in [1.165, 1.54) is 6.07 Å². The van der Waals surface area contributed by atoms with Crippen molar-refractivity contribution in [3.63, 3.8) is 0 Å². The third kappa shape index (κ3) is 2.83. The predicted molar refractivity (Wildman–Crippen MR) is 94.7 cm³/mol. The lowest BCUT2D eigenvalue weighted by atomic mass is 9.64. The number of halogens is 1. The van der Waals surface area contributed by atoms with Crippen LogP contribution in [0.2, 0.25) is 0 Å². The van der Waals surface area contributed by atoms with Gasteiger partial charge in [0.2, 0.25) is 0 Å². The largest absolute Gasteiger partial charge is 0.330 e. The topological polar surface area (TPSA) is 77.6 Å². The first-order valence-corrected chi connectivity index (χ1v) is 9.15. The van der Waals surface area contributed by atoms with Crippen LogP contribution >= 0.6 is 11.3 Å². The Morgan fingerprint density at radius 3 is 2.68 bits per heavy atom. The number of nitrogens with two attached hydrogens (primary N) is 1. The molecule has 0 atom stereocenters. The van der Waals surface area contributed by atoms with Crippen LogP contribution in [-0.4, -0.2) is 26.7 Å². The Morgan fingerprint density at radius 2 is 2.04 bits per heavy atom. The zero-order valence-corrected chi connectivity index (χ0v) is 14.5. The summed E-state index contributed by atoms with van der Waals surface area (Å²) in [5.41, 5.74) is 7.11. The van der Waals surface area contributed by atoms with Gasteiger partial charge >= 0.3 is 0 Å². The maximum Gasteiger partial charge on any atom is 0.145 e. The number of rotatable bonds is 5. The number of hydrogen-bond donors (Lipinski definition) is 1. The molecule has 0 spiro atoms. The second-order valence-corrected chi connectivity index (χ2v) is 7.36. The highest BCUT2D eigenvalue weighted by Gasteiger charge is 2.45. The second-order valence-electron chi connectivity index (χ2n) is 6.24. The molecule has 5 nitrogen and oxygen atoms in total. The fourth-order valence-corrected chi connectivity index (χ4v) is 4.16. The second kappa shape index (κ2) is 6.57. The quantitative estimate of drug-likeness (QED) is 0.761. The van der Waals surface area contributed by atoms with Gasteiger partial charge in [0.05, 0.1) is 16.8 Å². The highest BCUT2D eigenvalue weighted by molar-refractivity contribution is 7.15. The third-order valence-corrected chi connectivity index (χ3v) is 5.82. The first-order chi connectivity index (χ1) is 12.2. The molecule has 3 aromatic heterocycles. The first kappa shape index (κ1) is 16.2. The van der Waals surface area contributed by atoms with E-state index >= 15 is 0 Å². The van der Waals surface area contributed by atoms with Gasteiger partial charge in [-0.05, 0) is 50.1 Å². The van der Waals surface area contributed by atoms with Crippen LogP contribution < -0.4 is 5.73 Å². The van der Waals surface area contributed by atoms with Crippen molar-refractivity contribution < 1.29 is 4.39 Å². The molecule has 0 amide bonds. The van der Waals surface area contributed by atoms with Crippen molar-refractivity contribution in [2.45, 2.75) is 31.1 Å². The maximum absolute atomic E-state index is 14.3. The maximum atomic E-state index is 14.3. The molecule has 0 aliphatic heterocycles. The molecular formula is C18H18FN5S. The highest BCUT2D eigenvalue weighted by Crippen LogP contribution is 2.48. The van der Waals surface area contributed by atoms with Gasteiger partial charge in [-0.2, -0.15) is 5.10 Å². The molecular weight excluding hydrogens is 337 g/mol. The summed E-state index contributed by atoms with van der Waals surface area (Å²) in [6.07, 6.45) is 6.99. The number of nitrogens with zero attached hydrogens (tertiary/aromatic N) is 4. The van der Waals surface area contributed by atoms with Gasteiger partial charge in [0.1, 0.15) is 16.5 Å². The summed E-state index contributed by atoms with van der Waals surface area (Å²) in [5.74, 6) is -0.278. The van der Waals surface area contributed by atoms with Crippen LogP contribution in [0.15, 0.2) is 36.7 Å². The lowest BCUT2D eigenvalue weighted by molar-refractivity contribution is 0.273. The molecule has 0 aromatic carbocycles. The van der Waals surface area contributed by atoms with E-state index < -0.39 is 5.41 Å². The lowest BCUT2D eigenvalue weighted by Gasteiger charge is -2.40. The van der Waals surface area contributed by atoms with E-state index in [4.69, 9.17) is 5.73 Å². The third-order valence-electron chi connectivity index (χ3n) is 4.74. The van der Waals surface area contributed by atoms with Crippen LogP contribution in [0.4, 0.5) is 4.39 Å². The molecule has 0 saturated heterocycles. The number of pyridine rings is 1. The van der Waals surface area contributed by atoms with Crippen LogP contribution in [0.3, 0.4) is 0 Å². The molecule has 128 valence electrons. The molecule has 1 saturated carbocycles. The summed E-state index contributed by atoms with van der Waals surface area (Å²) in [6.45, 7) is 0.602. The molecule has 1 aliphatic rings. The summed E-state index contributed by atoms with van der Waals surface area (Å²) in [5, 5.41) is 9.58. The summed E-state index contributed by atoms with van der Waals surface area (Å²) >= 11 is 1.58. The monoisotopic (exact) mass is 355 g/mol. The minimum atomic E-state index is -0.454. The summed E-state index contributed by atoms with van der Waals surface area (Å²) in [6, 6.07) is 6.91. The van der Waals surface area contributed by atoms with Gasteiger partial charge in [0, 0.05) is 17.3 Å². The van der Waals surface area contributed by atoms with E-state index in [-0.39, 0.29) is 5.82 Å². The molecule has 1 fully saturated rings. The first-order valence-electron chi connectivity index (χ1n) is 8.33. The Bertz CT molecular complexity index is 873. The molecule has 1 aliphatic carbocycles. The van der Waals surface area contributed by atoms with Gasteiger partial charge in [0.15, 0.2) is 0 Å². The minimum Gasteiger partial charge on any atom is -0.330 e. The Morgan fingerprint density at radius 1 is 1.16 bits per heavy atom. The zero-order chi connectivity index (χ0) is 17.3. The lowest BCUT2D eigenvalue weighted by Crippen LogP contribution is -2.38. The van der Waals surface area contributed by atoms with Gasteiger partial charge in [-0.15, -0.1) is 16.4 Å². The molecule has 3 aromatic rings. The van der Waals surface area contributed by atoms with E-state index in [0.29, 0.717) is 12.2 Å². The summed E-state index contributed by atoms with van der Waals surface area (Å²) in [4.78, 5) is 9.81. The van der Waals surface area contributed by atoms with Gasteiger partial charge in [0.25, 0.3) is 0 Å². The smallest absolute Gasteiger partial charge is 0.145 e. The number of hydrogen-bond acceptors (Lipinski definition) is 6. The van der Waals surface area contributed by atoms with Gasteiger partial charge in [-0.25, -0.2) is 9.37 Å². The molecule has 25 heavy (non-hydrogen) atoms. The standard InChI is InChI=1S/C18H18FN5S/c19-13-3-1-10-21-16(13)18(7-2-8-18)15-5-4-14(23-24-15)17-22-11-12(25-17)6-9-20/h1,3-5,10-11H,2,6-9,20H2. The van der Waals surface area contributed by atoms with E-state index in [1.807, 2.05) is 18.3 Å². The molecule has 0 bridgehead atoms. The van der Waals surface area contributed by atoms with Crippen molar-refractivity contribution in [3.8, 4) is 10.7 Å². The molecule has 0 unspecified atom stereocenters. The normalized spacial score (nSPS) is 15.8. The van der Waals surface area contributed by atoms with E-state index in [0.717, 1.165) is 47.0 Å². The van der Waals surface area contributed by atoms with Crippen LogP contribution in [0, 0.1) is 5.82 Å². The van der Waals surface area contributed by atoms with Crippen LogP contribution in [0.5, 0.6) is 0 Å². The Balaban J connectivity index is 1.66. The minimum absolute atomic E-state index is 0.278. The van der Waals surface area contributed by atoms with Crippen molar-refractivity contribution in [1.82, 2.24) is 20.2 Å². The number of aromatic nitrogens is 4. The predicted octanol–water partition coefficient (Wildman–Crippen LogP) is 3.11. The van der Waals surface area contributed by atoms with Crippen molar-refractivity contribution in [1.29, 1.82) is 0 Å². The van der Waals surface area contributed by atoms with Gasteiger partial charge in [-0.1, -0.05) is 6.42 Å². The Labute approximate surface area is 149 Å². The molecule has 4 rings (SSSR count). The SMILES string of the molecule is NCCc1cnc(-c2ccc(C3(c4ncccc4F)CCC3)nn2)s1. The van der Waals surface area contributed by atoms with E-state index in [2.05, 4.69) is 20.2 Å². The average molecular weight is 355 g/mol. The van der Waals surface area contributed by atoms with E-state index in [1.54, 1.807) is 23.6 Å². The van der Waals surface area contributed by atoms with E-state index in [9.17, 15) is 4.39 Å². The van der Waals surface area contributed by atoms with Crippen molar-refractivity contribution in [2.75, 3.05) is 6.54 Å². The van der Waals surface area contributed by atoms with Crippen molar-refractivity contribution in [2.24, 2.45) is 5.73 Å². The Hall–Kier alpha value is -2.25. The van der Waals surface area contributed by atoms with Gasteiger partial charge < -0.3 is 5.73 Å². The fourth-order valence-electron chi connectivity index (χ4n) is 3.27. The zero-order valence-electron chi connectivity index (χ0n) is 13.7. The van der Waals surface area contributed by atoms with Crippen LogP contribution in [-0.2, 0) is 11.8 Å².